The maximum atomic E-state index is 11.7. The molecule has 7 nitrogen and oxygen atoms in total. The van der Waals surface area contributed by atoms with Gasteiger partial charge in [-0.2, -0.15) is 0 Å². The number of rotatable bonds is 4. The molecule has 0 atom stereocenters. The molecule has 2 rings (SSSR count). The fraction of sp³-hybridized carbons (Fsp3) is 0.0909. The normalized spacial score (nSPS) is 10.0. The maximum absolute atomic E-state index is 11.7. The van der Waals surface area contributed by atoms with Gasteiger partial charge in [-0.25, -0.2) is 4.98 Å². The van der Waals surface area contributed by atoms with Crippen LogP contribution in [0.15, 0.2) is 43.0 Å². The Hall–Kier alpha value is -2.70. The van der Waals surface area contributed by atoms with E-state index < -0.39 is 4.92 Å². The van der Waals surface area contributed by atoms with Crippen LogP contribution in [0.2, 0.25) is 0 Å². The highest BCUT2D eigenvalue weighted by atomic mass is 16.6. The molecule has 7 heteroatoms. The molecule has 0 unspecified atom stereocenters. The summed E-state index contributed by atoms with van der Waals surface area (Å²) in [7, 11) is 0. The van der Waals surface area contributed by atoms with Crippen LogP contribution in [0.25, 0.3) is 0 Å². The average Bonchev–Trinajstić information content (AvgIpc) is 2.82. The number of nitro groups is 1. The van der Waals surface area contributed by atoms with Crippen LogP contribution in [-0.4, -0.2) is 20.4 Å². The molecular formula is C11H10N4O3. The summed E-state index contributed by atoms with van der Waals surface area (Å²) < 4.78 is 1.57. The molecule has 92 valence electrons. The second kappa shape index (κ2) is 5.09. The lowest BCUT2D eigenvalue weighted by Crippen LogP contribution is -2.18. The van der Waals surface area contributed by atoms with Crippen molar-refractivity contribution in [2.45, 2.75) is 6.54 Å². The van der Waals surface area contributed by atoms with Crippen molar-refractivity contribution in [1.82, 2.24) is 9.55 Å². The first-order valence-corrected chi connectivity index (χ1v) is 5.16. The molecule has 1 aromatic carbocycles. The van der Waals surface area contributed by atoms with Crippen LogP contribution in [0.3, 0.4) is 0 Å². The van der Waals surface area contributed by atoms with Gasteiger partial charge in [0.25, 0.3) is 5.69 Å². The molecule has 0 saturated carbocycles. The van der Waals surface area contributed by atoms with Crippen molar-refractivity contribution < 1.29 is 9.72 Å². The molecule has 1 amide bonds. The third kappa shape index (κ3) is 2.70. The molecule has 0 spiro atoms. The van der Waals surface area contributed by atoms with Crippen molar-refractivity contribution in [1.29, 1.82) is 0 Å². The number of hydrogen-bond donors (Lipinski definition) is 1. The molecule has 0 fully saturated rings. The van der Waals surface area contributed by atoms with Gasteiger partial charge in [-0.15, -0.1) is 0 Å². The Bertz CT molecular complexity index is 565. The Morgan fingerprint density at radius 2 is 2.22 bits per heavy atom. The lowest BCUT2D eigenvalue weighted by Gasteiger charge is -2.06. The van der Waals surface area contributed by atoms with E-state index in [1.165, 1.54) is 18.5 Å². The van der Waals surface area contributed by atoms with E-state index in [4.69, 9.17) is 0 Å². The van der Waals surface area contributed by atoms with Crippen molar-refractivity contribution in [3.63, 3.8) is 0 Å². The fourth-order valence-electron chi connectivity index (χ4n) is 1.47. The summed E-state index contributed by atoms with van der Waals surface area (Å²) in [6, 6.07) is 6.00. The van der Waals surface area contributed by atoms with Gasteiger partial charge in [-0.1, -0.05) is 12.1 Å². The predicted molar refractivity (Wildman–Crippen MR) is 64.0 cm³/mol. The smallest absolute Gasteiger partial charge is 0.292 e. The predicted octanol–water partition coefficient (Wildman–Crippen LogP) is 1.43. The van der Waals surface area contributed by atoms with Gasteiger partial charge in [0.1, 0.15) is 12.2 Å². The van der Waals surface area contributed by atoms with Crippen LogP contribution in [0.5, 0.6) is 0 Å². The largest absolute Gasteiger partial charge is 0.328 e. The monoisotopic (exact) mass is 246 g/mol. The highest BCUT2D eigenvalue weighted by Crippen LogP contribution is 2.22. The second-order valence-corrected chi connectivity index (χ2v) is 3.56. The molecule has 0 aliphatic carbocycles. The van der Waals surface area contributed by atoms with Crippen molar-refractivity contribution in [2.24, 2.45) is 0 Å². The van der Waals surface area contributed by atoms with E-state index in [1.54, 1.807) is 29.1 Å². The van der Waals surface area contributed by atoms with Crippen LogP contribution >= 0.6 is 0 Å². The molecule has 0 aliphatic heterocycles. The second-order valence-electron chi connectivity index (χ2n) is 3.56. The van der Waals surface area contributed by atoms with Crippen LogP contribution in [-0.2, 0) is 11.3 Å². The molecule has 18 heavy (non-hydrogen) atoms. The Kier molecular flexibility index (Phi) is 3.33. The van der Waals surface area contributed by atoms with Gasteiger partial charge in [0.05, 0.1) is 11.3 Å². The fourth-order valence-corrected chi connectivity index (χ4v) is 1.47. The van der Waals surface area contributed by atoms with E-state index in [1.807, 2.05) is 0 Å². The van der Waals surface area contributed by atoms with Gasteiger partial charge in [-0.3, -0.25) is 14.9 Å². The van der Waals surface area contributed by atoms with Crippen LogP contribution in [0, 0.1) is 10.1 Å². The Labute approximate surface area is 102 Å². The molecule has 1 heterocycles. The molecule has 0 aliphatic rings. The standard InChI is InChI=1S/C11H10N4O3/c16-11(7-14-6-5-12-8-14)13-9-3-1-2-4-10(9)15(17)18/h1-6,8H,7H2,(H,13,16). The Morgan fingerprint density at radius 3 is 2.89 bits per heavy atom. The molecule has 2 aromatic rings. The van der Waals surface area contributed by atoms with Gasteiger partial charge in [-0.05, 0) is 6.07 Å². The first-order valence-electron chi connectivity index (χ1n) is 5.16. The van der Waals surface area contributed by atoms with Crippen molar-refractivity contribution in [3.05, 3.63) is 53.1 Å². The SMILES string of the molecule is O=C(Cn1ccnc1)Nc1ccccc1[N+](=O)[O-]. The van der Waals surface area contributed by atoms with Gasteiger partial charge in [0, 0.05) is 18.5 Å². The lowest BCUT2D eigenvalue weighted by molar-refractivity contribution is -0.383. The summed E-state index contributed by atoms with van der Waals surface area (Å²) in [6.07, 6.45) is 4.69. The number of para-hydroxylation sites is 2. The minimum Gasteiger partial charge on any atom is -0.328 e. The third-order valence-corrected chi connectivity index (χ3v) is 2.26. The summed E-state index contributed by atoms with van der Waals surface area (Å²) >= 11 is 0. The minimum absolute atomic E-state index is 0.0616. The van der Waals surface area contributed by atoms with Gasteiger partial charge in [0.15, 0.2) is 0 Å². The van der Waals surface area contributed by atoms with E-state index in [2.05, 4.69) is 10.3 Å². The van der Waals surface area contributed by atoms with Gasteiger partial charge < -0.3 is 9.88 Å². The third-order valence-electron chi connectivity index (χ3n) is 2.26. The number of carbonyl (C=O) groups is 1. The van der Waals surface area contributed by atoms with Crippen LogP contribution < -0.4 is 5.32 Å². The van der Waals surface area contributed by atoms with E-state index in [0.717, 1.165) is 0 Å². The number of nitro benzene ring substituents is 1. The van der Waals surface area contributed by atoms with Crippen molar-refractivity contribution in [3.8, 4) is 0 Å². The highest BCUT2D eigenvalue weighted by Gasteiger charge is 2.14. The zero-order valence-corrected chi connectivity index (χ0v) is 9.31. The lowest BCUT2D eigenvalue weighted by atomic mass is 10.2. The zero-order valence-electron chi connectivity index (χ0n) is 9.31. The number of imidazole rings is 1. The summed E-state index contributed by atoms with van der Waals surface area (Å²) in [5.41, 5.74) is 0.0593. The average molecular weight is 246 g/mol. The Morgan fingerprint density at radius 1 is 1.44 bits per heavy atom. The quantitative estimate of drug-likeness (QED) is 0.652. The van der Waals surface area contributed by atoms with E-state index in [-0.39, 0.29) is 23.8 Å². The first-order chi connectivity index (χ1) is 8.66. The summed E-state index contributed by atoms with van der Waals surface area (Å²) in [5.74, 6) is -0.345. The highest BCUT2D eigenvalue weighted by molar-refractivity contribution is 5.92. The van der Waals surface area contributed by atoms with E-state index in [9.17, 15) is 14.9 Å². The van der Waals surface area contributed by atoms with Crippen molar-refractivity contribution in [2.75, 3.05) is 5.32 Å². The van der Waals surface area contributed by atoms with Gasteiger partial charge in [0.2, 0.25) is 5.91 Å². The minimum atomic E-state index is -0.535. The molecule has 0 bridgehead atoms. The summed E-state index contributed by atoms with van der Waals surface area (Å²) in [5, 5.41) is 13.3. The summed E-state index contributed by atoms with van der Waals surface area (Å²) in [6.45, 7) is 0.0616. The number of carbonyl (C=O) groups excluding carboxylic acids is 1. The Balaban J connectivity index is 2.09. The van der Waals surface area contributed by atoms with Crippen LogP contribution in [0.1, 0.15) is 0 Å². The van der Waals surface area contributed by atoms with Crippen LogP contribution in [0.4, 0.5) is 11.4 Å². The number of amides is 1. The number of nitrogens with one attached hydrogen (secondary N) is 1. The maximum Gasteiger partial charge on any atom is 0.292 e. The summed E-state index contributed by atoms with van der Waals surface area (Å²) in [4.78, 5) is 25.7. The molecule has 1 aromatic heterocycles. The number of benzene rings is 1. The van der Waals surface area contributed by atoms with E-state index in [0.29, 0.717) is 0 Å². The molecule has 0 radical (unpaired) electrons. The number of hydrogen-bond acceptors (Lipinski definition) is 4. The molecular weight excluding hydrogens is 236 g/mol. The molecule has 1 N–H and O–H groups in total. The first kappa shape index (κ1) is 11.8. The van der Waals surface area contributed by atoms with Gasteiger partial charge >= 0.3 is 0 Å². The van der Waals surface area contributed by atoms with Crippen molar-refractivity contribution >= 4 is 17.3 Å². The topological polar surface area (TPSA) is 90.1 Å². The number of nitrogens with zero attached hydrogens (tertiary/aromatic N) is 3. The van der Waals surface area contributed by atoms with E-state index >= 15 is 0 Å². The molecule has 0 saturated heterocycles. The number of aromatic nitrogens is 2. The number of anilines is 1. The zero-order chi connectivity index (χ0) is 13.0.